The fourth-order valence-electron chi connectivity index (χ4n) is 5.91. The maximum atomic E-state index is 11.3. The molecule has 2 aromatic heterocycles. The third-order valence-electron chi connectivity index (χ3n) is 8.40. The lowest BCUT2D eigenvalue weighted by molar-refractivity contribution is 0.444. The van der Waals surface area contributed by atoms with Crippen molar-refractivity contribution in [3.63, 3.8) is 0 Å². The largest absolute Gasteiger partial charge is 0.507 e. The molecule has 2 heterocycles. The first-order chi connectivity index (χ1) is 21.5. The third-order valence-corrected chi connectivity index (χ3v) is 9.46. The molecule has 0 aliphatic carbocycles. The van der Waals surface area contributed by atoms with Gasteiger partial charge in [0.15, 0.2) is 0 Å². The summed E-state index contributed by atoms with van der Waals surface area (Å²) >= 11 is 1.66. The number of nitrogens with zero attached hydrogens (tertiary/aromatic N) is 2. The lowest BCUT2D eigenvalue weighted by Crippen LogP contribution is -2.17. The second kappa shape index (κ2) is 10.7. The minimum Gasteiger partial charge on any atom is -0.507 e. The molecule has 0 spiro atoms. The number of para-hydroxylation sites is 4. The second-order valence-electron chi connectivity index (χ2n) is 13.7. The van der Waals surface area contributed by atoms with Crippen LogP contribution in [-0.4, -0.2) is 16.3 Å². The Morgan fingerprint density at radius 2 is 1.42 bits per heavy atom. The maximum Gasteiger partial charge on any atom is 0.143 e. The zero-order chi connectivity index (χ0) is 31.5. The summed E-state index contributed by atoms with van der Waals surface area (Å²) in [6.07, 6.45) is 1.79. The monoisotopic (exact) mass is 608 g/mol. The van der Waals surface area contributed by atoms with Crippen LogP contribution >= 0.6 is 11.3 Å². The number of phenolic OH excluding ortho intramolecular Hbond substituents is 1. The van der Waals surface area contributed by atoms with E-state index < -0.39 is 0 Å². The topological polar surface area (TPSA) is 58.6 Å². The molecule has 5 heteroatoms. The third kappa shape index (κ3) is 5.21. The number of hydrogen-bond acceptors (Lipinski definition) is 5. The van der Waals surface area contributed by atoms with Gasteiger partial charge in [-0.3, -0.25) is 4.99 Å². The molecule has 224 valence electrons. The van der Waals surface area contributed by atoms with Gasteiger partial charge in [-0.2, -0.15) is 0 Å². The zero-order valence-corrected chi connectivity index (χ0v) is 27.3. The predicted molar refractivity (Wildman–Crippen MR) is 191 cm³/mol. The van der Waals surface area contributed by atoms with Crippen molar-refractivity contribution in [3.8, 4) is 27.4 Å². The minimum atomic E-state index is -0.211. The standard InChI is InChI=1S/C40H36N2O2S/c1-39(2,3)25-21-24(36(43)31(22-25)40(4,5)6)23-41-32-18-9-7-14-30(32)38-42-35-27(15-12-20-34(35)45-38)29-17-11-16-28-26-13-8-10-19-33(26)44-37(28)29/h7-23,43H,1-6H3. The van der Waals surface area contributed by atoms with E-state index in [0.717, 1.165) is 70.7 Å². The average molecular weight is 609 g/mol. The lowest BCUT2D eigenvalue weighted by Gasteiger charge is -2.27. The molecular formula is C40H36N2O2S. The summed E-state index contributed by atoms with van der Waals surface area (Å²) in [5, 5.41) is 14.4. The number of aliphatic imine (C=N–C) groups is 1. The average Bonchev–Trinajstić information content (AvgIpc) is 3.61. The highest BCUT2D eigenvalue weighted by molar-refractivity contribution is 7.21. The predicted octanol–water partition coefficient (Wildman–Crippen LogP) is 11.6. The summed E-state index contributed by atoms with van der Waals surface area (Å²) in [7, 11) is 0. The van der Waals surface area contributed by atoms with Crippen LogP contribution in [0.2, 0.25) is 0 Å². The molecule has 7 aromatic rings. The Kier molecular flexibility index (Phi) is 6.90. The Balaban J connectivity index is 1.33. The molecule has 0 unspecified atom stereocenters. The van der Waals surface area contributed by atoms with Crippen LogP contribution in [-0.2, 0) is 10.8 Å². The van der Waals surface area contributed by atoms with Crippen molar-refractivity contribution in [1.29, 1.82) is 0 Å². The SMILES string of the molecule is CC(C)(C)c1cc(C=Nc2ccccc2-c2nc3c(-c4cccc5c4oc4ccccc45)cccc3s2)c(O)c(C(C)(C)C)c1. The highest BCUT2D eigenvalue weighted by atomic mass is 32.1. The van der Waals surface area contributed by atoms with Crippen LogP contribution in [0.1, 0.15) is 58.2 Å². The van der Waals surface area contributed by atoms with E-state index >= 15 is 0 Å². The first-order valence-corrected chi connectivity index (χ1v) is 16.1. The van der Waals surface area contributed by atoms with Gasteiger partial charge in [-0.15, -0.1) is 11.3 Å². The number of aromatic hydroxyl groups is 1. The molecule has 0 atom stereocenters. The summed E-state index contributed by atoms with van der Waals surface area (Å²) in [4.78, 5) is 10.1. The van der Waals surface area contributed by atoms with Gasteiger partial charge in [-0.05, 0) is 46.7 Å². The number of fused-ring (bicyclic) bond motifs is 4. The van der Waals surface area contributed by atoms with Crippen molar-refractivity contribution in [2.45, 2.75) is 52.4 Å². The molecule has 1 N–H and O–H groups in total. The van der Waals surface area contributed by atoms with E-state index in [4.69, 9.17) is 14.4 Å². The van der Waals surface area contributed by atoms with Gasteiger partial charge in [-0.25, -0.2) is 4.98 Å². The van der Waals surface area contributed by atoms with Crippen molar-refractivity contribution in [2.75, 3.05) is 0 Å². The summed E-state index contributed by atoms with van der Waals surface area (Å²) in [5.41, 5.74) is 9.03. The van der Waals surface area contributed by atoms with E-state index in [1.165, 1.54) is 0 Å². The normalized spacial score (nSPS) is 12.7. The molecule has 0 amide bonds. The van der Waals surface area contributed by atoms with Crippen molar-refractivity contribution in [3.05, 3.63) is 114 Å². The molecule has 0 aliphatic heterocycles. The Bertz CT molecular complexity index is 2260. The van der Waals surface area contributed by atoms with E-state index in [0.29, 0.717) is 5.56 Å². The number of aromatic nitrogens is 1. The van der Waals surface area contributed by atoms with E-state index in [-0.39, 0.29) is 16.6 Å². The van der Waals surface area contributed by atoms with Gasteiger partial charge in [0.2, 0.25) is 0 Å². The molecule has 4 nitrogen and oxygen atoms in total. The van der Waals surface area contributed by atoms with Crippen molar-refractivity contribution < 1.29 is 9.52 Å². The maximum absolute atomic E-state index is 11.3. The molecule has 0 saturated heterocycles. The summed E-state index contributed by atoms with van der Waals surface area (Å²) < 4.78 is 7.47. The van der Waals surface area contributed by atoms with E-state index in [1.807, 2.05) is 36.4 Å². The lowest BCUT2D eigenvalue weighted by atomic mass is 9.79. The van der Waals surface area contributed by atoms with E-state index in [1.54, 1.807) is 17.6 Å². The summed E-state index contributed by atoms with van der Waals surface area (Å²) in [6.45, 7) is 13.0. The summed E-state index contributed by atoms with van der Waals surface area (Å²) in [5.74, 6) is 0.279. The van der Waals surface area contributed by atoms with Crippen LogP contribution in [0.5, 0.6) is 5.75 Å². The number of phenols is 1. The van der Waals surface area contributed by atoms with Crippen LogP contribution in [0.4, 0.5) is 5.69 Å². The fourth-order valence-corrected chi connectivity index (χ4v) is 6.93. The Morgan fingerprint density at radius 1 is 0.733 bits per heavy atom. The molecule has 45 heavy (non-hydrogen) atoms. The number of benzene rings is 5. The van der Waals surface area contributed by atoms with E-state index in [9.17, 15) is 5.11 Å². The van der Waals surface area contributed by atoms with E-state index in [2.05, 4.69) is 102 Å². The van der Waals surface area contributed by atoms with Crippen molar-refractivity contribution >= 4 is 55.4 Å². The molecule has 0 bridgehead atoms. The Labute approximate surface area is 267 Å². The van der Waals surface area contributed by atoms with Gasteiger partial charge >= 0.3 is 0 Å². The molecule has 7 rings (SSSR count). The Hall–Kier alpha value is -4.74. The zero-order valence-electron chi connectivity index (χ0n) is 26.5. The second-order valence-corrected chi connectivity index (χ2v) is 14.7. The molecule has 5 aromatic carbocycles. The molecule has 0 radical (unpaired) electrons. The van der Waals surface area contributed by atoms with Crippen molar-refractivity contribution in [1.82, 2.24) is 4.98 Å². The van der Waals surface area contributed by atoms with Crippen molar-refractivity contribution in [2.24, 2.45) is 4.99 Å². The quantitative estimate of drug-likeness (QED) is 0.202. The van der Waals surface area contributed by atoms with Crippen LogP contribution < -0.4 is 0 Å². The van der Waals surface area contributed by atoms with Gasteiger partial charge in [0.1, 0.15) is 21.9 Å². The fraction of sp³-hybridized carbons (Fsp3) is 0.200. The molecular weight excluding hydrogens is 573 g/mol. The highest BCUT2D eigenvalue weighted by Gasteiger charge is 2.25. The number of furan rings is 1. The van der Waals surface area contributed by atoms with Gasteiger partial charge < -0.3 is 9.52 Å². The van der Waals surface area contributed by atoms with Gasteiger partial charge in [0.25, 0.3) is 0 Å². The van der Waals surface area contributed by atoms with Gasteiger partial charge in [0, 0.05) is 44.8 Å². The number of rotatable bonds is 4. The number of thiazole rings is 1. The molecule has 0 aliphatic rings. The first kappa shape index (κ1) is 29.0. The van der Waals surface area contributed by atoms with Crippen LogP contribution in [0.3, 0.4) is 0 Å². The Morgan fingerprint density at radius 3 is 2.22 bits per heavy atom. The smallest absolute Gasteiger partial charge is 0.143 e. The molecule has 0 saturated carbocycles. The highest BCUT2D eigenvalue weighted by Crippen LogP contribution is 2.43. The van der Waals surface area contributed by atoms with Crippen LogP contribution in [0, 0.1) is 0 Å². The molecule has 0 fully saturated rings. The van der Waals surface area contributed by atoms with Crippen LogP contribution in [0.15, 0.2) is 106 Å². The van der Waals surface area contributed by atoms with Gasteiger partial charge in [-0.1, -0.05) is 108 Å². The van der Waals surface area contributed by atoms with Gasteiger partial charge in [0.05, 0.1) is 15.9 Å². The number of hydrogen-bond donors (Lipinski definition) is 1. The first-order valence-electron chi connectivity index (χ1n) is 15.3. The van der Waals surface area contributed by atoms with Crippen LogP contribution in [0.25, 0.3) is 53.9 Å². The summed E-state index contributed by atoms with van der Waals surface area (Å²) in [6, 6.07) is 33.1. The minimum absolute atomic E-state index is 0.0698.